The Hall–Kier alpha value is -3.70. The summed E-state index contributed by atoms with van der Waals surface area (Å²) in [6.07, 6.45) is 0.171. The smallest absolute Gasteiger partial charge is 0.319 e. The molecule has 1 heterocycles. The zero-order chi connectivity index (χ0) is 24.8. The lowest BCUT2D eigenvalue weighted by molar-refractivity contribution is -0.117. The second kappa shape index (κ2) is 11.2. The third-order valence-electron chi connectivity index (χ3n) is 4.83. The Morgan fingerprint density at radius 2 is 1.69 bits per heavy atom. The highest BCUT2D eigenvalue weighted by Crippen LogP contribution is 2.27. The summed E-state index contributed by atoms with van der Waals surface area (Å²) in [5.74, 6) is -2.23. The summed E-state index contributed by atoms with van der Waals surface area (Å²) in [5.41, 5.74) is 1.42. The van der Waals surface area contributed by atoms with Gasteiger partial charge >= 0.3 is 6.03 Å². The second-order valence-corrected chi connectivity index (χ2v) is 9.27. The number of benzene rings is 3. The van der Waals surface area contributed by atoms with Crippen LogP contribution in [0.25, 0.3) is 10.6 Å². The average molecular weight is 558 g/mol. The fraction of sp³-hybridized carbons (Fsp3) is 0.0833. The fourth-order valence-electron chi connectivity index (χ4n) is 3.14. The highest BCUT2D eigenvalue weighted by Gasteiger charge is 2.23. The van der Waals surface area contributed by atoms with Crippen molar-refractivity contribution in [3.63, 3.8) is 0 Å². The first-order valence-electron chi connectivity index (χ1n) is 10.3. The van der Waals surface area contributed by atoms with Crippen LogP contribution in [0.5, 0.6) is 0 Å². The van der Waals surface area contributed by atoms with Crippen LogP contribution in [0.1, 0.15) is 5.56 Å². The minimum Gasteiger partial charge on any atom is -0.326 e. The van der Waals surface area contributed by atoms with Crippen molar-refractivity contribution in [3.05, 3.63) is 94.5 Å². The number of rotatable bonds is 7. The first-order chi connectivity index (χ1) is 16.9. The van der Waals surface area contributed by atoms with Gasteiger partial charge in [-0.15, -0.1) is 10.2 Å². The summed E-state index contributed by atoms with van der Waals surface area (Å²) in [4.78, 5) is 25.6. The predicted octanol–water partition coefficient (Wildman–Crippen LogP) is 5.62. The van der Waals surface area contributed by atoms with Gasteiger partial charge in [0.15, 0.2) is 0 Å². The molecular weight excluding hydrogens is 540 g/mol. The monoisotopic (exact) mass is 557 g/mol. The summed E-state index contributed by atoms with van der Waals surface area (Å²) in [7, 11) is 0. The van der Waals surface area contributed by atoms with E-state index in [2.05, 4.69) is 42.1 Å². The Kier molecular flexibility index (Phi) is 7.78. The van der Waals surface area contributed by atoms with Gasteiger partial charge < -0.3 is 10.6 Å². The molecule has 0 aliphatic carbocycles. The molecule has 0 saturated heterocycles. The largest absolute Gasteiger partial charge is 0.326 e. The molecule has 7 nitrogen and oxygen atoms in total. The quantitative estimate of drug-likeness (QED) is 0.275. The molecule has 0 unspecified atom stereocenters. The summed E-state index contributed by atoms with van der Waals surface area (Å²) in [6, 6.07) is 17.5. The van der Waals surface area contributed by atoms with E-state index in [-0.39, 0.29) is 17.2 Å². The maximum Gasteiger partial charge on any atom is 0.319 e. The minimum atomic E-state index is -1.01. The highest BCUT2D eigenvalue weighted by molar-refractivity contribution is 9.10. The molecule has 4 aromatic rings. The molecule has 3 aromatic carbocycles. The zero-order valence-electron chi connectivity index (χ0n) is 18.0. The lowest BCUT2D eigenvalue weighted by Crippen LogP contribution is -2.47. The van der Waals surface area contributed by atoms with E-state index in [9.17, 15) is 18.4 Å². The van der Waals surface area contributed by atoms with E-state index in [0.29, 0.717) is 11.1 Å². The van der Waals surface area contributed by atoms with Crippen LogP contribution in [0.15, 0.2) is 77.3 Å². The number of nitrogens with zero attached hydrogens (tertiary/aromatic N) is 2. The van der Waals surface area contributed by atoms with Gasteiger partial charge in [0.25, 0.3) is 0 Å². The number of nitrogens with one attached hydrogen (secondary N) is 3. The first-order valence-corrected chi connectivity index (χ1v) is 11.9. The number of halogens is 3. The number of anilines is 2. The van der Waals surface area contributed by atoms with Gasteiger partial charge in [0.1, 0.15) is 22.7 Å². The van der Waals surface area contributed by atoms with Gasteiger partial charge in [-0.3, -0.25) is 10.1 Å². The molecule has 0 bridgehead atoms. The molecule has 0 fully saturated rings. The van der Waals surface area contributed by atoms with E-state index >= 15 is 0 Å². The van der Waals surface area contributed by atoms with Crippen molar-refractivity contribution in [1.82, 2.24) is 15.5 Å². The molecule has 4 rings (SSSR count). The van der Waals surface area contributed by atoms with Crippen LogP contribution in [0.4, 0.5) is 24.4 Å². The Labute approximate surface area is 211 Å². The Balaban J connectivity index is 1.48. The SMILES string of the molecule is O=C(Nc1ccc(F)cc1F)N[C@H](Cc1ccccc1)C(=O)Nc1nnc(-c2ccc(Br)cc2)s1. The third kappa shape index (κ3) is 6.67. The maximum absolute atomic E-state index is 13.9. The molecule has 0 spiro atoms. The molecule has 3 N–H and O–H groups in total. The minimum absolute atomic E-state index is 0.171. The van der Waals surface area contributed by atoms with Crippen LogP contribution in [0, 0.1) is 11.6 Å². The molecule has 35 heavy (non-hydrogen) atoms. The van der Waals surface area contributed by atoms with Crippen LogP contribution in [0.3, 0.4) is 0 Å². The van der Waals surface area contributed by atoms with Crippen LogP contribution in [-0.4, -0.2) is 28.2 Å². The molecule has 178 valence electrons. The van der Waals surface area contributed by atoms with Crippen molar-refractivity contribution < 1.29 is 18.4 Å². The number of urea groups is 1. The molecular formula is C24H18BrF2N5O2S. The molecule has 0 saturated carbocycles. The molecule has 11 heteroatoms. The van der Waals surface area contributed by atoms with Gasteiger partial charge in [0, 0.05) is 22.5 Å². The topological polar surface area (TPSA) is 96.0 Å². The van der Waals surface area contributed by atoms with Gasteiger partial charge in [-0.1, -0.05) is 69.7 Å². The van der Waals surface area contributed by atoms with E-state index in [1.54, 1.807) is 0 Å². The molecule has 3 amide bonds. The number of carbonyl (C=O) groups is 2. The lowest BCUT2D eigenvalue weighted by Gasteiger charge is -2.18. The summed E-state index contributed by atoms with van der Waals surface area (Å²) in [6.45, 7) is 0. The lowest BCUT2D eigenvalue weighted by atomic mass is 10.1. The molecule has 0 aliphatic heterocycles. The predicted molar refractivity (Wildman–Crippen MR) is 134 cm³/mol. The van der Waals surface area contributed by atoms with Crippen molar-refractivity contribution >= 4 is 50.0 Å². The zero-order valence-corrected chi connectivity index (χ0v) is 20.4. The fourth-order valence-corrected chi connectivity index (χ4v) is 4.16. The number of hydrogen-bond donors (Lipinski definition) is 3. The van der Waals surface area contributed by atoms with Crippen molar-refractivity contribution in [2.75, 3.05) is 10.6 Å². The van der Waals surface area contributed by atoms with Gasteiger partial charge in [0.05, 0.1) is 5.69 Å². The number of carbonyl (C=O) groups excluding carboxylic acids is 2. The van der Waals surface area contributed by atoms with Gasteiger partial charge in [-0.05, 0) is 29.8 Å². The Morgan fingerprint density at radius 3 is 2.40 bits per heavy atom. The van der Waals surface area contributed by atoms with E-state index in [1.807, 2.05) is 54.6 Å². The maximum atomic E-state index is 13.9. The van der Waals surface area contributed by atoms with Crippen molar-refractivity contribution in [2.45, 2.75) is 12.5 Å². The summed E-state index contributed by atoms with van der Waals surface area (Å²) >= 11 is 4.57. The average Bonchev–Trinajstić information content (AvgIpc) is 3.30. The van der Waals surface area contributed by atoms with E-state index < -0.39 is 29.6 Å². The number of amides is 3. The van der Waals surface area contributed by atoms with Crippen molar-refractivity contribution in [2.24, 2.45) is 0 Å². The molecule has 1 aromatic heterocycles. The van der Waals surface area contributed by atoms with Crippen LogP contribution in [0.2, 0.25) is 0 Å². The van der Waals surface area contributed by atoms with E-state index in [0.717, 1.165) is 27.7 Å². The molecule has 0 aliphatic rings. The first kappa shape index (κ1) is 24.4. The van der Waals surface area contributed by atoms with E-state index in [4.69, 9.17) is 0 Å². The normalized spacial score (nSPS) is 11.5. The van der Waals surface area contributed by atoms with Gasteiger partial charge in [0.2, 0.25) is 11.0 Å². The number of hydrogen-bond acceptors (Lipinski definition) is 5. The number of aromatic nitrogens is 2. The van der Waals surface area contributed by atoms with Crippen LogP contribution in [-0.2, 0) is 11.2 Å². The van der Waals surface area contributed by atoms with Crippen molar-refractivity contribution in [1.29, 1.82) is 0 Å². The third-order valence-corrected chi connectivity index (χ3v) is 6.25. The van der Waals surface area contributed by atoms with Gasteiger partial charge in [-0.25, -0.2) is 13.6 Å². The second-order valence-electron chi connectivity index (χ2n) is 7.37. The summed E-state index contributed by atoms with van der Waals surface area (Å²) < 4.78 is 28.0. The molecule has 1 atom stereocenters. The van der Waals surface area contributed by atoms with Crippen molar-refractivity contribution in [3.8, 4) is 10.6 Å². The highest BCUT2D eigenvalue weighted by atomic mass is 79.9. The van der Waals surface area contributed by atoms with Crippen LogP contribution < -0.4 is 16.0 Å². The standard InChI is InChI=1S/C24H18BrF2N5O2S/c25-16-8-6-15(7-9-16)22-31-32-24(35-22)30-21(33)20(12-14-4-2-1-3-5-14)29-23(34)28-19-11-10-17(26)13-18(19)27/h1-11,13,20H,12H2,(H2,28,29,34)(H,30,32,33)/t20-/m1/s1. The van der Waals surface area contributed by atoms with Gasteiger partial charge in [-0.2, -0.15) is 0 Å². The summed E-state index contributed by atoms with van der Waals surface area (Å²) in [5, 5.41) is 16.5. The van der Waals surface area contributed by atoms with Crippen LogP contribution >= 0.6 is 27.3 Å². The Bertz CT molecular complexity index is 1340. The van der Waals surface area contributed by atoms with E-state index in [1.165, 1.54) is 11.3 Å². The Morgan fingerprint density at radius 1 is 0.943 bits per heavy atom. The molecule has 0 radical (unpaired) electrons.